The topological polar surface area (TPSA) is 125 Å². The number of amides is 1. The maximum Gasteiger partial charge on any atom is 0.305 e. The third-order valence-corrected chi connectivity index (χ3v) is 6.55. The number of carbonyl (C=O) groups is 2. The summed E-state index contributed by atoms with van der Waals surface area (Å²) in [6, 6.07) is 7.68. The van der Waals surface area contributed by atoms with Crippen LogP contribution >= 0.6 is 15.9 Å². The highest BCUT2D eigenvalue weighted by Gasteiger charge is 2.20. The molecule has 0 bridgehead atoms. The first-order valence-electron chi connectivity index (χ1n) is 12.1. The molecule has 0 aliphatic heterocycles. The summed E-state index contributed by atoms with van der Waals surface area (Å²) in [5.41, 5.74) is 1.53. The first kappa shape index (κ1) is 26.9. The van der Waals surface area contributed by atoms with Gasteiger partial charge in [0.2, 0.25) is 11.9 Å². The van der Waals surface area contributed by atoms with Gasteiger partial charge in [0, 0.05) is 36.5 Å². The Hall–Kier alpha value is -2.72. The summed E-state index contributed by atoms with van der Waals surface area (Å²) >= 11 is 3.50. The van der Waals surface area contributed by atoms with E-state index in [0.29, 0.717) is 18.8 Å². The number of rotatable bonds is 12. The molecule has 1 saturated carbocycles. The van der Waals surface area contributed by atoms with E-state index in [1.807, 2.05) is 24.3 Å². The minimum Gasteiger partial charge on any atom is -0.469 e. The van der Waals surface area contributed by atoms with E-state index < -0.39 is 0 Å². The van der Waals surface area contributed by atoms with Gasteiger partial charge in [-0.3, -0.25) is 9.59 Å². The van der Waals surface area contributed by atoms with E-state index in [4.69, 9.17) is 0 Å². The number of aromatic nitrogens is 2. The Morgan fingerprint density at radius 1 is 1.03 bits per heavy atom. The summed E-state index contributed by atoms with van der Waals surface area (Å²) in [6.07, 6.45) is 9.16. The van der Waals surface area contributed by atoms with Crippen LogP contribution in [-0.4, -0.2) is 46.2 Å². The molecule has 1 heterocycles. The zero-order chi connectivity index (χ0) is 25.0. The Kier molecular flexibility index (Phi) is 10.7. The lowest BCUT2D eigenvalue weighted by atomic mass is 9.93. The predicted octanol–water partition coefficient (Wildman–Crippen LogP) is 5.15. The Morgan fingerprint density at radius 2 is 1.69 bits per heavy atom. The summed E-state index contributed by atoms with van der Waals surface area (Å²) in [5, 5.41) is 19.3. The highest BCUT2D eigenvalue weighted by Crippen LogP contribution is 2.27. The van der Waals surface area contributed by atoms with Crippen LogP contribution < -0.4 is 16.0 Å². The van der Waals surface area contributed by atoms with Gasteiger partial charge in [0.25, 0.3) is 0 Å². The third-order valence-electron chi connectivity index (χ3n) is 5.97. The molecule has 0 spiro atoms. The van der Waals surface area contributed by atoms with Crippen molar-refractivity contribution >= 4 is 50.9 Å². The monoisotopic (exact) mass is 547 g/mol. The van der Waals surface area contributed by atoms with Gasteiger partial charge < -0.3 is 25.8 Å². The van der Waals surface area contributed by atoms with E-state index >= 15 is 0 Å². The summed E-state index contributed by atoms with van der Waals surface area (Å²) in [7, 11) is 1.39. The van der Waals surface area contributed by atoms with Gasteiger partial charge in [-0.2, -0.15) is 4.98 Å². The zero-order valence-electron chi connectivity index (χ0n) is 20.1. The van der Waals surface area contributed by atoms with E-state index in [1.54, 1.807) is 6.20 Å². The standard InChI is InChI=1S/C25H34BrN5O4/c1-35-23(34)7-5-3-2-4-6-22(33)28-17-8-10-19(11-9-17)30-25-27-16-21(26)24(31-25)29-18-12-14-20(32)15-13-18/h8-11,16,18,20,32H,2-7,12-15H2,1H3,(H,28,33)(H2,27,29,30,31)/t18-,20-. The van der Waals surface area contributed by atoms with E-state index in [-0.39, 0.29) is 24.0 Å². The van der Waals surface area contributed by atoms with Crippen molar-refractivity contribution in [1.29, 1.82) is 0 Å². The number of nitrogens with zero attached hydrogens (tertiary/aromatic N) is 2. The molecular formula is C25H34BrN5O4. The predicted molar refractivity (Wildman–Crippen MR) is 140 cm³/mol. The first-order valence-corrected chi connectivity index (χ1v) is 12.9. The molecule has 10 heteroatoms. The lowest BCUT2D eigenvalue weighted by Crippen LogP contribution is -2.28. The molecule has 0 saturated heterocycles. The van der Waals surface area contributed by atoms with Crippen LogP contribution in [0, 0.1) is 0 Å². The number of hydrogen-bond acceptors (Lipinski definition) is 8. The van der Waals surface area contributed by atoms with E-state index in [1.165, 1.54) is 7.11 Å². The molecule has 35 heavy (non-hydrogen) atoms. The van der Waals surface area contributed by atoms with Crippen LogP contribution in [0.1, 0.15) is 64.2 Å². The van der Waals surface area contributed by atoms with Crippen LogP contribution in [0.4, 0.5) is 23.1 Å². The van der Waals surface area contributed by atoms with Gasteiger partial charge >= 0.3 is 5.97 Å². The van der Waals surface area contributed by atoms with Gasteiger partial charge in [0.1, 0.15) is 5.82 Å². The van der Waals surface area contributed by atoms with Gasteiger partial charge in [0.05, 0.1) is 17.7 Å². The number of esters is 1. The van der Waals surface area contributed by atoms with Crippen LogP contribution in [0.25, 0.3) is 0 Å². The van der Waals surface area contributed by atoms with Gasteiger partial charge in [-0.05, 0) is 78.7 Å². The molecule has 1 aromatic carbocycles. The minimum absolute atomic E-state index is 0.0270. The lowest BCUT2D eigenvalue weighted by Gasteiger charge is -2.27. The second-order valence-electron chi connectivity index (χ2n) is 8.78. The molecule has 0 radical (unpaired) electrons. The molecule has 0 atom stereocenters. The molecule has 1 fully saturated rings. The molecule has 9 nitrogen and oxygen atoms in total. The largest absolute Gasteiger partial charge is 0.469 e. The van der Waals surface area contributed by atoms with Crippen molar-refractivity contribution in [2.45, 2.75) is 76.4 Å². The fourth-order valence-electron chi connectivity index (χ4n) is 3.94. The lowest BCUT2D eigenvalue weighted by molar-refractivity contribution is -0.140. The van der Waals surface area contributed by atoms with E-state index in [2.05, 4.69) is 46.6 Å². The van der Waals surface area contributed by atoms with Crippen LogP contribution in [0.2, 0.25) is 0 Å². The zero-order valence-corrected chi connectivity index (χ0v) is 21.6. The smallest absolute Gasteiger partial charge is 0.305 e. The van der Waals surface area contributed by atoms with Crippen LogP contribution in [-0.2, 0) is 14.3 Å². The number of anilines is 4. The molecule has 4 N–H and O–H groups in total. The number of unbranched alkanes of at least 4 members (excludes halogenated alkanes) is 3. The quantitative estimate of drug-likeness (QED) is 0.212. The number of benzene rings is 1. The molecule has 2 aromatic rings. The first-order chi connectivity index (χ1) is 16.9. The summed E-state index contributed by atoms with van der Waals surface area (Å²) in [6.45, 7) is 0. The number of ether oxygens (including phenoxy) is 1. The van der Waals surface area contributed by atoms with Crippen molar-refractivity contribution in [2.24, 2.45) is 0 Å². The van der Waals surface area contributed by atoms with Gasteiger partial charge in [-0.1, -0.05) is 12.8 Å². The molecule has 1 aromatic heterocycles. The Morgan fingerprint density at radius 3 is 2.37 bits per heavy atom. The Labute approximate surface area is 214 Å². The van der Waals surface area contributed by atoms with Gasteiger partial charge in [-0.15, -0.1) is 0 Å². The van der Waals surface area contributed by atoms with Crippen molar-refractivity contribution in [1.82, 2.24) is 9.97 Å². The second-order valence-corrected chi connectivity index (χ2v) is 9.64. The van der Waals surface area contributed by atoms with Crippen molar-refractivity contribution < 1.29 is 19.4 Å². The number of methoxy groups -OCH3 is 1. The van der Waals surface area contributed by atoms with E-state index in [9.17, 15) is 14.7 Å². The third kappa shape index (κ3) is 9.45. The van der Waals surface area contributed by atoms with Gasteiger partial charge in [-0.25, -0.2) is 4.98 Å². The van der Waals surface area contributed by atoms with Crippen LogP contribution in [0.3, 0.4) is 0 Å². The fraction of sp³-hybridized carbons (Fsp3) is 0.520. The summed E-state index contributed by atoms with van der Waals surface area (Å²) < 4.78 is 5.41. The number of nitrogens with one attached hydrogen (secondary N) is 3. The second kappa shape index (κ2) is 14.0. The number of halogens is 1. The van der Waals surface area contributed by atoms with Crippen molar-refractivity contribution in [2.75, 3.05) is 23.1 Å². The SMILES string of the molecule is COC(=O)CCCCCCC(=O)Nc1ccc(Nc2ncc(Br)c(N[C@H]3CC[C@H](O)CC3)n2)cc1. The molecule has 190 valence electrons. The van der Waals surface area contributed by atoms with Crippen molar-refractivity contribution in [3.8, 4) is 0 Å². The maximum atomic E-state index is 12.2. The average Bonchev–Trinajstić information content (AvgIpc) is 2.85. The van der Waals surface area contributed by atoms with Gasteiger partial charge in [0.15, 0.2) is 0 Å². The molecular weight excluding hydrogens is 514 g/mol. The number of aliphatic hydroxyl groups excluding tert-OH is 1. The summed E-state index contributed by atoms with van der Waals surface area (Å²) in [5.74, 6) is 0.972. The van der Waals surface area contributed by atoms with Crippen molar-refractivity contribution in [3.63, 3.8) is 0 Å². The average molecular weight is 548 g/mol. The number of aliphatic hydroxyl groups is 1. The minimum atomic E-state index is -0.198. The molecule has 0 unspecified atom stereocenters. The van der Waals surface area contributed by atoms with Crippen LogP contribution in [0.15, 0.2) is 34.9 Å². The normalized spacial score (nSPS) is 17.5. The Bertz CT molecular complexity index is 965. The van der Waals surface area contributed by atoms with Crippen LogP contribution in [0.5, 0.6) is 0 Å². The molecule has 1 aliphatic rings. The van der Waals surface area contributed by atoms with E-state index in [0.717, 1.165) is 73.0 Å². The molecule has 1 aliphatic carbocycles. The molecule has 3 rings (SSSR count). The van der Waals surface area contributed by atoms with Crippen molar-refractivity contribution in [3.05, 3.63) is 34.9 Å². The Balaban J connectivity index is 1.42. The summed E-state index contributed by atoms with van der Waals surface area (Å²) in [4.78, 5) is 32.2. The fourth-order valence-corrected chi connectivity index (χ4v) is 4.25. The molecule has 1 amide bonds. The number of carbonyl (C=O) groups excluding carboxylic acids is 2. The highest BCUT2D eigenvalue weighted by molar-refractivity contribution is 9.10. The maximum absolute atomic E-state index is 12.2. The highest BCUT2D eigenvalue weighted by atomic mass is 79.9. The number of hydrogen-bond donors (Lipinski definition) is 4.